The Hall–Kier alpha value is -2.43. The maximum atomic E-state index is 12.8. The number of benzene rings is 1. The van der Waals surface area contributed by atoms with Gasteiger partial charge in [-0.2, -0.15) is 5.10 Å². The van der Waals surface area contributed by atoms with E-state index in [4.69, 9.17) is 4.74 Å². The van der Waals surface area contributed by atoms with Crippen LogP contribution in [0.3, 0.4) is 0 Å². The van der Waals surface area contributed by atoms with Crippen molar-refractivity contribution in [3.63, 3.8) is 0 Å². The summed E-state index contributed by atoms with van der Waals surface area (Å²) < 4.78 is 20.3. The van der Waals surface area contributed by atoms with E-state index in [0.717, 1.165) is 23.9 Å². The quantitative estimate of drug-likeness (QED) is 0.725. The van der Waals surface area contributed by atoms with Crippen molar-refractivity contribution in [3.8, 4) is 11.6 Å². The number of halogens is 1. The molecule has 0 aliphatic carbocycles. The zero-order valence-electron chi connectivity index (χ0n) is 11.1. The van der Waals surface area contributed by atoms with Gasteiger partial charge in [0.25, 0.3) is 0 Å². The van der Waals surface area contributed by atoms with Crippen molar-refractivity contribution in [2.24, 2.45) is 0 Å². The normalized spacial score (nSPS) is 10.9. The summed E-state index contributed by atoms with van der Waals surface area (Å²) in [5.41, 5.74) is 0.985. The van der Waals surface area contributed by atoms with Crippen LogP contribution < -0.4 is 4.74 Å². The van der Waals surface area contributed by atoms with Gasteiger partial charge in [0, 0.05) is 18.0 Å². The molecule has 0 bridgehead atoms. The van der Waals surface area contributed by atoms with Crippen molar-refractivity contribution in [2.75, 3.05) is 0 Å². The van der Waals surface area contributed by atoms with Gasteiger partial charge in [0.1, 0.15) is 11.6 Å². The molecule has 0 unspecified atom stereocenters. The van der Waals surface area contributed by atoms with Crippen LogP contribution in [-0.2, 0) is 6.54 Å². The number of pyridine rings is 1. The molecule has 3 aromatic rings. The lowest BCUT2D eigenvalue weighted by Crippen LogP contribution is -1.98. The Morgan fingerprint density at radius 3 is 2.75 bits per heavy atom. The molecule has 0 spiro atoms. The number of ether oxygens (including phenoxy) is 1. The molecule has 0 aliphatic rings. The summed E-state index contributed by atoms with van der Waals surface area (Å²) in [4.78, 5) is 4.26. The molecule has 0 atom stereocenters. The van der Waals surface area contributed by atoms with Crippen molar-refractivity contribution >= 4 is 10.9 Å². The summed E-state index contributed by atoms with van der Waals surface area (Å²) in [7, 11) is 0. The van der Waals surface area contributed by atoms with E-state index < -0.39 is 0 Å². The third kappa shape index (κ3) is 2.47. The fraction of sp³-hybridized carbons (Fsp3) is 0.200. The van der Waals surface area contributed by atoms with E-state index in [1.165, 1.54) is 12.1 Å². The van der Waals surface area contributed by atoms with Crippen molar-refractivity contribution < 1.29 is 9.13 Å². The highest BCUT2D eigenvalue weighted by Gasteiger charge is 2.05. The lowest BCUT2D eigenvalue weighted by molar-refractivity contribution is 0.462. The molecule has 2 aromatic heterocycles. The summed E-state index contributed by atoms with van der Waals surface area (Å²) in [6.07, 6.45) is 4.56. The van der Waals surface area contributed by atoms with Crippen molar-refractivity contribution in [2.45, 2.75) is 19.9 Å². The molecule has 0 amide bonds. The van der Waals surface area contributed by atoms with Crippen LogP contribution in [0.15, 0.2) is 42.7 Å². The molecule has 1 aromatic carbocycles. The lowest BCUT2D eigenvalue weighted by atomic mass is 10.3. The molecular formula is C15H14FN3O. The van der Waals surface area contributed by atoms with Crippen molar-refractivity contribution in [1.29, 1.82) is 0 Å². The van der Waals surface area contributed by atoms with Gasteiger partial charge in [0.15, 0.2) is 0 Å². The van der Waals surface area contributed by atoms with Gasteiger partial charge in [-0.1, -0.05) is 6.92 Å². The molecule has 4 nitrogen and oxygen atoms in total. The van der Waals surface area contributed by atoms with Crippen LogP contribution >= 0.6 is 0 Å². The van der Waals surface area contributed by atoms with Crippen LogP contribution in [0.1, 0.15) is 13.3 Å². The fourth-order valence-corrected chi connectivity index (χ4v) is 2.03. The highest BCUT2D eigenvalue weighted by Crippen LogP contribution is 2.23. The Morgan fingerprint density at radius 1 is 1.20 bits per heavy atom. The minimum atomic E-state index is -0.290. The first-order valence-electron chi connectivity index (χ1n) is 6.51. The first-order valence-corrected chi connectivity index (χ1v) is 6.51. The zero-order chi connectivity index (χ0) is 13.9. The monoisotopic (exact) mass is 271 g/mol. The van der Waals surface area contributed by atoms with Gasteiger partial charge in [-0.15, -0.1) is 0 Å². The van der Waals surface area contributed by atoms with Gasteiger partial charge in [0.05, 0.1) is 17.9 Å². The third-order valence-corrected chi connectivity index (χ3v) is 2.97. The number of hydrogen-bond donors (Lipinski definition) is 0. The molecule has 3 rings (SSSR count). The molecule has 102 valence electrons. The molecule has 0 radical (unpaired) electrons. The van der Waals surface area contributed by atoms with E-state index in [1.54, 1.807) is 24.5 Å². The standard InChI is InChI=1S/C15H14FN3O/c1-2-7-19-14-10-17-15(8-11(14)9-18-19)20-13-5-3-12(16)4-6-13/h3-6,8-10H,2,7H2,1H3. The number of nitrogens with zero attached hydrogens (tertiary/aromatic N) is 3. The van der Waals surface area contributed by atoms with E-state index >= 15 is 0 Å². The molecular weight excluding hydrogens is 257 g/mol. The van der Waals surface area contributed by atoms with Crippen molar-refractivity contribution in [1.82, 2.24) is 14.8 Å². The minimum absolute atomic E-state index is 0.290. The average molecular weight is 271 g/mol. The molecule has 0 saturated carbocycles. The van der Waals surface area contributed by atoms with Crippen LogP contribution in [0.4, 0.5) is 4.39 Å². The van der Waals surface area contributed by atoms with Crippen LogP contribution in [0, 0.1) is 5.82 Å². The van der Waals surface area contributed by atoms with E-state index in [0.29, 0.717) is 11.6 Å². The molecule has 0 saturated heterocycles. The van der Waals surface area contributed by atoms with Crippen molar-refractivity contribution in [3.05, 3.63) is 48.5 Å². The lowest BCUT2D eigenvalue weighted by Gasteiger charge is -2.05. The number of hydrogen-bond acceptors (Lipinski definition) is 3. The van der Waals surface area contributed by atoms with Gasteiger partial charge in [0.2, 0.25) is 5.88 Å². The Balaban J connectivity index is 1.87. The highest BCUT2D eigenvalue weighted by atomic mass is 19.1. The van der Waals surface area contributed by atoms with E-state index in [9.17, 15) is 4.39 Å². The van der Waals surface area contributed by atoms with Crippen LogP contribution in [0.5, 0.6) is 11.6 Å². The van der Waals surface area contributed by atoms with E-state index in [2.05, 4.69) is 17.0 Å². The fourth-order valence-electron chi connectivity index (χ4n) is 2.03. The van der Waals surface area contributed by atoms with Gasteiger partial charge in [-0.05, 0) is 30.7 Å². The van der Waals surface area contributed by atoms with Gasteiger partial charge in [-0.25, -0.2) is 9.37 Å². The summed E-state index contributed by atoms with van der Waals surface area (Å²) in [6, 6.07) is 7.68. The third-order valence-electron chi connectivity index (χ3n) is 2.97. The second kappa shape index (κ2) is 5.28. The van der Waals surface area contributed by atoms with Gasteiger partial charge in [-0.3, -0.25) is 4.68 Å². The predicted molar refractivity (Wildman–Crippen MR) is 74.3 cm³/mol. The Labute approximate surface area is 115 Å². The number of rotatable bonds is 4. The summed E-state index contributed by atoms with van der Waals surface area (Å²) >= 11 is 0. The largest absolute Gasteiger partial charge is 0.439 e. The average Bonchev–Trinajstić information content (AvgIpc) is 2.85. The predicted octanol–water partition coefficient (Wildman–Crippen LogP) is 3.77. The maximum Gasteiger partial charge on any atom is 0.219 e. The minimum Gasteiger partial charge on any atom is -0.439 e. The smallest absolute Gasteiger partial charge is 0.219 e. The highest BCUT2D eigenvalue weighted by molar-refractivity contribution is 5.78. The molecule has 20 heavy (non-hydrogen) atoms. The van der Waals surface area contributed by atoms with Crippen LogP contribution in [0.2, 0.25) is 0 Å². The topological polar surface area (TPSA) is 39.9 Å². The first-order chi connectivity index (χ1) is 9.76. The molecule has 0 fully saturated rings. The Kier molecular flexibility index (Phi) is 3.33. The molecule has 0 N–H and O–H groups in total. The molecule has 2 heterocycles. The summed E-state index contributed by atoms with van der Waals surface area (Å²) in [6.45, 7) is 2.97. The molecule has 5 heteroatoms. The van der Waals surface area contributed by atoms with Crippen LogP contribution in [-0.4, -0.2) is 14.8 Å². The Bertz CT molecular complexity index is 722. The number of fused-ring (bicyclic) bond motifs is 1. The maximum absolute atomic E-state index is 12.8. The SMILES string of the molecule is CCCn1ncc2cc(Oc3ccc(F)cc3)ncc21. The summed E-state index contributed by atoms with van der Waals surface area (Å²) in [5.74, 6) is 0.737. The zero-order valence-corrected chi connectivity index (χ0v) is 11.1. The second-order valence-electron chi connectivity index (χ2n) is 4.51. The molecule has 0 aliphatic heterocycles. The van der Waals surface area contributed by atoms with E-state index in [-0.39, 0.29) is 5.82 Å². The van der Waals surface area contributed by atoms with E-state index in [1.807, 2.05) is 10.7 Å². The number of aromatic nitrogens is 3. The first kappa shape index (κ1) is 12.6. The second-order valence-corrected chi connectivity index (χ2v) is 4.51. The summed E-state index contributed by atoms with van der Waals surface area (Å²) in [5, 5.41) is 5.29. The van der Waals surface area contributed by atoms with Crippen LogP contribution in [0.25, 0.3) is 10.9 Å². The van der Waals surface area contributed by atoms with Gasteiger partial charge >= 0.3 is 0 Å². The Morgan fingerprint density at radius 2 is 2.00 bits per heavy atom. The van der Waals surface area contributed by atoms with Gasteiger partial charge < -0.3 is 4.74 Å². The number of aryl methyl sites for hydroxylation is 1.